The maximum Gasteiger partial charge on any atom is 0.410 e. The third-order valence-corrected chi connectivity index (χ3v) is 6.40. The van der Waals surface area contributed by atoms with Gasteiger partial charge in [0.1, 0.15) is 12.4 Å². The Morgan fingerprint density at radius 2 is 1.82 bits per heavy atom. The fourth-order valence-electron chi connectivity index (χ4n) is 4.67. The third-order valence-electron chi connectivity index (χ3n) is 6.40. The zero-order valence-electron chi connectivity index (χ0n) is 18.1. The van der Waals surface area contributed by atoms with Gasteiger partial charge in [-0.1, -0.05) is 48.5 Å². The molecule has 1 atom stereocenters. The molecule has 1 saturated heterocycles. The quantitative estimate of drug-likeness (QED) is 0.353. The van der Waals surface area contributed by atoms with Gasteiger partial charge in [0.2, 0.25) is 0 Å². The molecule has 3 aromatic carbocycles. The number of carbonyl (C=O) groups excluding carboxylic acids is 1. The summed E-state index contributed by atoms with van der Waals surface area (Å²) >= 11 is 0. The van der Waals surface area contributed by atoms with E-state index < -0.39 is 0 Å². The van der Waals surface area contributed by atoms with E-state index in [2.05, 4.69) is 46.4 Å². The Bertz CT molecular complexity index is 1440. The van der Waals surface area contributed by atoms with Gasteiger partial charge in [0.25, 0.3) is 0 Å². The summed E-state index contributed by atoms with van der Waals surface area (Å²) in [7, 11) is 0. The predicted molar refractivity (Wildman–Crippen MR) is 129 cm³/mol. The van der Waals surface area contributed by atoms with Crippen molar-refractivity contribution >= 4 is 28.0 Å². The summed E-state index contributed by atoms with van der Waals surface area (Å²) in [6, 6.07) is 24.4. The van der Waals surface area contributed by atoms with Gasteiger partial charge in [-0.05, 0) is 59.2 Å². The number of hydrogen-bond acceptors (Lipinski definition) is 3. The van der Waals surface area contributed by atoms with E-state index >= 15 is 0 Å². The molecule has 0 radical (unpaired) electrons. The topological polar surface area (TPSA) is 74.0 Å². The lowest BCUT2D eigenvalue weighted by Gasteiger charge is -2.22. The van der Waals surface area contributed by atoms with Crippen LogP contribution >= 0.6 is 0 Å². The summed E-state index contributed by atoms with van der Waals surface area (Å²) < 4.78 is 5.59. The molecule has 0 spiro atoms. The van der Waals surface area contributed by atoms with Gasteiger partial charge in [-0.3, -0.25) is 4.90 Å². The van der Waals surface area contributed by atoms with Crippen molar-refractivity contribution in [3.05, 3.63) is 90.4 Å². The van der Waals surface area contributed by atoms with Crippen LogP contribution in [0.2, 0.25) is 0 Å². The van der Waals surface area contributed by atoms with E-state index in [1.807, 2.05) is 42.6 Å². The maximum atomic E-state index is 12.8. The monoisotopic (exact) mass is 436 g/mol. The maximum absolute atomic E-state index is 12.8. The van der Waals surface area contributed by atoms with Gasteiger partial charge in [-0.2, -0.15) is 0 Å². The Kier molecular flexibility index (Phi) is 4.83. The van der Waals surface area contributed by atoms with Crippen LogP contribution in [-0.2, 0) is 11.3 Å². The van der Waals surface area contributed by atoms with E-state index in [1.54, 1.807) is 4.90 Å². The van der Waals surface area contributed by atoms with Crippen LogP contribution in [0.15, 0.2) is 79.0 Å². The second-order valence-corrected chi connectivity index (χ2v) is 8.53. The number of benzene rings is 3. The second-order valence-electron chi connectivity index (χ2n) is 8.53. The molecule has 1 aliphatic rings. The normalized spacial score (nSPS) is 16.0. The van der Waals surface area contributed by atoms with Gasteiger partial charge < -0.3 is 14.7 Å². The van der Waals surface area contributed by atoms with Crippen LogP contribution in [-0.4, -0.2) is 32.5 Å². The third kappa shape index (κ3) is 3.74. The van der Waals surface area contributed by atoms with E-state index in [1.165, 1.54) is 5.39 Å². The van der Waals surface area contributed by atoms with Gasteiger partial charge >= 0.3 is 6.09 Å². The summed E-state index contributed by atoms with van der Waals surface area (Å²) in [5, 5.41) is 1.20. The predicted octanol–water partition coefficient (Wildman–Crippen LogP) is 6.18. The van der Waals surface area contributed by atoms with Crippen molar-refractivity contribution in [1.29, 1.82) is 0 Å². The second kappa shape index (κ2) is 8.13. The van der Waals surface area contributed by atoms with Crippen molar-refractivity contribution in [1.82, 2.24) is 19.9 Å². The molecule has 3 heterocycles. The first-order valence-electron chi connectivity index (χ1n) is 11.3. The number of aromatic amines is 2. The molecule has 6 nitrogen and oxygen atoms in total. The Hall–Kier alpha value is -4.06. The molecule has 2 N–H and O–H groups in total. The van der Waals surface area contributed by atoms with Crippen molar-refractivity contribution in [2.45, 2.75) is 25.5 Å². The van der Waals surface area contributed by atoms with E-state index in [0.29, 0.717) is 6.54 Å². The molecule has 2 aromatic heterocycles. The first kappa shape index (κ1) is 19.6. The number of nitrogens with one attached hydrogen (secondary N) is 2. The molecule has 0 unspecified atom stereocenters. The summed E-state index contributed by atoms with van der Waals surface area (Å²) in [5.74, 6) is 0.816. The molecule has 164 valence electrons. The van der Waals surface area contributed by atoms with Gasteiger partial charge in [0, 0.05) is 18.3 Å². The van der Waals surface area contributed by atoms with E-state index in [4.69, 9.17) is 9.72 Å². The summed E-state index contributed by atoms with van der Waals surface area (Å²) in [6.45, 7) is 0.953. The standard InChI is InChI=1S/C27H24N4O2/c32-27(33-17-18-5-2-1-3-6-18)31-14-4-7-25(31)26-29-22-11-10-21(16-24(22)30-26)20-9-8-19-12-13-28-23(19)15-20/h1-3,5-6,8-13,15-16,25,28H,4,7,14,17H2,(H,29,30)/t25-/m0/s1. The molecular formula is C27H24N4O2. The highest BCUT2D eigenvalue weighted by Crippen LogP contribution is 2.33. The Morgan fingerprint density at radius 1 is 1.00 bits per heavy atom. The summed E-state index contributed by atoms with van der Waals surface area (Å²) in [5.41, 5.74) is 6.25. The van der Waals surface area contributed by atoms with Gasteiger partial charge in [0.05, 0.1) is 17.1 Å². The number of rotatable bonds is 4. The first-order valence-corrected chi connectivity index (χ1v) is 11.3. The molecule has 1 aliphatic heterocycles. The largest absolute Gasteiger partial charge is 0.445 e. The SMILES string of the molecule is O=C(OCc1ccccc1)N1CCC[C@H]1c1nc2ccc(-c3ccc4cc[nH]c4c3)cc2[nH]1. The number of aromatic nitrogens is 3. The van der Waals surface area contributed by atoms with Crippen LogP contribution in [0, 0.1) is 0 Å². The molecular weight excluding hydrogens is 412 g/mol. The van der Waals surface area contributed by atoms with E-state index in [0.717, 1.165) is 51.9 Å². The molecule has 6 heteroatoms. The van der Waals surface area contributed by atoms with Gasteiger partial charge in [-0.15, -0.1) is 0 Å². The minimum absolute atomic E-state index is 0.0978. The lowest BCUT2D eigenvalue weighted by molar-refractivity contribution is 0.0910. The van der Waals surface area contributed by atoms with Gasteiger partial charge in [-0.25, -0.2) is 9.78 Å². The van der Waals surface area contributed by atoms with Crippen LogP contribution in [0.3, 0.4) is 0 Å². The van der Waals surface area contributed by atoms with E-state index in [-0.39, 0.29) is 18.7 Å². The first-order chi connectivity index (χ1) is 16.2. The number of fused-ring (bicyclic) bond motifs is 2. The number of hydrogen-bond donors (Lipinski definition) is 2. The van der Waals surface area contributed by atoms with Crippen LogP contribution in [0.4, 0.5) is 4.79 Å². The van der Waals surface area contributed by atoms with Crippen LogP contribution in [0.1, 0.15) is 30.3 Å². The molecule has 0 bridgehead atoms. The average molecular weight is 437 g/mol. The van der Waals surface area contributed by atoms with Crippen molar-refractivity contribution in [3.63, 3.8) is 0 Å². The molecule has 5 aromatic rings. The highest BCUT2D eigenvalue weighted by atomic mass is 16.6. The number of likely N-dealkylation sites (tertiary alicyclic amines) is 1. The smallest absolute Gasteiger partial charge is 0.410 e. The van der Waals surface area contributed by atoms with Crippen molar-refractivity contribution in [2.24, 2.45) is 0 Å². The number of imidazole rings is 1. The Labute approximate surface area is 191 Å². The van der Waals surface area contributed by atoms with Gasteiger partial charge in [0.15, 0.2) is 0 Å². The van der Waals surface area contributed by atoms with Crippen molar-refractivity contribution in [3.8, 4) is 11.1 Å². The minimum Gasteiger partial charge on any atom is -0.445 e. The fraction of sp³-hybridized carbons (Fsp3) is 0.185. The highest BCUT2D eigenvalue weighted by Gasteiger charge is 2.33. The Morgan fingerprint density at radius 3 is 2.70 bits per heavy atom. The molecule has 1 fully saturated rings. The zero-order chi connectivity index (χ0) is 22.2. The lowest BCUT2D eigenvalue weighted by Crippen LogP contribution is -2.31. The molecule has 0 aliphatic carbocycles. The molecule has 33 heavy (non-hydrogen) atoms. The number of carbonyl (C=O) groups is 1. The lowest BCUT2D eigenvalue weighted by atomic mass is 10.0. The van der Waals surface area contributed by atoms with Crippen LogP contribution < -0.4 is 0 Å². The summed E-state index contributed by atoms with van der Waals surface area (Å²) in [6.07, 6.45) is 3.47. The number of amides is 1. The van der Waals surface area contributed by atoms with Crippen molar-refractivity contribution < 1.29 is 9.53 Å². The molecule has 1 amide bonds. The molecule has 6 rings (SSSR count). The van der Waals surface area contributed by atoms with Crippen LogP contribution in [0.25, 0.3) is 33.1 Å². The number of H-pyrrole nitrogens is 2. The van der Waals surface area contributed by atoms with Crippen LogP contribution in [0.5, 0.6) is 0 Å². The number of ether oxygens (including phenoxy) is 1. The van der Waals surface area contributed by atoms with Crippen molar-refractivity contribution in [2.75, 3.05) is 6.54 Å². The minimum atomic E-state index is -0.290. The average Bonchev–Trinajstić information content (AvgIpc) is 3.61. The fourth-order valence-corrected chi connectivity index (χ4v) is 4.67. The number of nitrogens with zero attached hydrogens (tertiary/aromatic N) is 2. The Balaban J connectivity index is 1.23. The highest BCUT2D eigenvalue weighted by molar-refractivity contribution is 5.87. The zero-order valence-corrected chi connectivity index (χ0v) is 18.1. The van der Waals surface area contributed by atoms with E-state index in [9.17, 15) is 4.79 Å². The molecule has 0 saturated carbocycles. The summed E-state index contributed by atoms with van der Waals surface area (Å²) in [4.78, 5) is 26.1.